The van der Waals surface area contributed by atoms with E-state index in [2.05, 4.69) is 6.92 Å². The third-order valence-electron chi connectivity index (χ3n) is 1.43. The lowest BCUT2D eigenvalue weighted by Crippen LogP contribution is -2.05. The van der Waals surface area contributed by atoms with Crippen LogP contribution >= 0.6 is 0 Å². The second-order valence-corrected chi connectivity index (χ2v) is 3.97. The Labute approximate surface area is 75.4 Å². The van der Waals surface area contributed by atoms with Crippen LogP contribution in [0.1, 0.15) is 6.42 Å². The van der Waals surface area contributed by atoms with Crippen molar-refractivity contribution in [2.45, 2.75) is 11.3 Å². The molecule has 1 N–H and O–H groups in total. The van der Waals surface area contributed by atoms with Crippen LogP contribution in [0.3, 0.4) is 0 Å². The monoisotopic (exact) mass is 183 g/mol. The maximum atomic E-state index is 11.3. The first-order chi connectivity index (χ1) is 5.74. The van der Waals surface area contributed by atoms with Crippen molar-refractivity contribution in [1.82, 2.24) is 0 Å². The standard InChI is InChI=1S/C9H11O2S/c1-2-7-12(11)9-5-3-8(10)4-6-9/h3-6,10H,1-2,7H2. The molecular weight excluding hydrogens is 172 g/mol. The minimum Gasteiger partial charge on any atom is -0.611 e. The molecule has 1 aromatic rings. The Bertz CT molecular complexity index is 233. The van der Waals surface area contributed by atoms with Gasteiger partial charge in [-0.3, -0.25) is 0 Å². The van der Waals surface area contributed by atoms with Crippen LogP contribution in [0.5, 0.6) is 5.75 Å². The summed E-state index contributed by atoms with van der Waals surface area (Å²) in [6.07, 6.45) is 0.660. The van der Waals surface area contributed by atoms with Gasteiger partial charge in [0.25, 0.3) is 0 Å². The van der Waals surface area contributed by atoms with Gasteiger partial charge in [0.1, 0.15) is 11.5 Å². The predicted octanol–water partition coefficient (Wildman–Crippen LogP) is 1.72. The van der Waals surface area contributed by atoms with Gasteiger partial charge in [-0.2, -0.15) is 0 Å². The zero-order valence-electron chi connectivity index (χ0n) is 6.69. The van der Waals surface area contributed by atoms with E-state index in [9.17, 15) is 4.55 Å². The van der Waals surface area contributed by atoms with E-state index < -0.39 is 11.2 Å². The van der Waals surface area contributed by atoms with Crippen molar-refractivity contribution in [1.29, 1.82) is 0 Å². The Morgan fingerprint density at radius 2 is 1.92 bits per heavy atom. The zero-order chi connectivity index (χ0) is 8.97. The number of aromatic hydroxyl groups is 1. The average Bonchev–Trinajstić information content (AvgIpc) is 2.06. The highest BCUT2D eigenvalue weighted by atomic mass is 32.2. The van der Waals surface area contributed by atoms with Gasteiger partial charge in [-0.05, 0) is 48.8 Å². The lowest BCUT2D eigenvalue weighted by Gasteiger charge is -2.08. The summed E-state index contributed by atoms with van der Waals surface area (Å²) in [5, 5.41) is 8.96. The molecule has 0 heterocycles. The van der Waals surface area contributed by atoms with Crippen molar-refractivity contribution in [3.8, 4) is 5.75 Å². The minimum atomic E-state index is -0.965. The Morgan fingerprint density at radius 1 is 1.33 bits per heavy atom. The fourth-order valence-corrected chi connectivity index (χ4v) is 1.78. The minimum absolute atomic E-state index is 0.199. The number of rotatable bonds is 3. The summed E-state index contributed by atoms with van der Waals surface area (Å²) in [6, 6.07) is 6.41. The van der Waals surface area contributed by atoms with Crippen LogP contribution in [-0.4, -0.2) is 15.4 Å². The topological polar surface area (TPSA) is 43.3 Å². The second-order valence-electron chi connectivity index (χ2n) is 2.40. The van der Waals surface area contributed by atoms with Crippen LogP contribution in [0.15, 0.2) is 29.2 Å². The first kappa shape index (κ1) is 9.42. The fraction of sp³-hybridized carbons (Fsp3) is 0.222. The third-order valence-corrected chi connectivity index (χ3v) is 2.89. The molecule has 1 unspecified atom stereocenters. The van der Waals surface area contributed by atoms with Crippen molar-refractivity contribution in [3.63, 3.8) is 0 Å². The number of phenols is 1. The van der Waals surface area contributed by atoms with Gasteiger partial charge in [0.2, 0.25) is 0 Å². The Morgan fingerprint density at radius 3 is 2.42 bits per heavy atom. The van der Waals surface area contributed by atoms with E-state index in [4.69, 9.17) is 5.11 Å². The molecule has 0 aliphatic heterocycles. The fourth-order valence-electron chi connectivity index (χ4n) is 0.847. The van der Waals surface area contributed by atoms with Crippen molar-refractivity contribution in [3.05, 3.63) is 31.2 Å². The lowest BCUT2D eigenvalue weighted by atomic mass is 10.3. The van der Waals surface area contributed by atoms with E-state index in [0.29, 0.717) is 12.2 Å². The predicted molar refractivity (Wildman–Crippen MR) is 49.4 cm³/mol. The van der Waals surface area contributed by atoms with Crippen molar-refractivity contribution >= 4 is 11.2 Å². The summed E-state index contributed by atoms with van der Waals surface area (Å²) in [4.78, 5) is 0.747. The molecule has 1 aromatic carbocycles. The molecule has 65 valence electrons. The normalized spacial score (nSPS) is 12.8. The van der Waals surface area contributed by atoms with Gasteiger partial charge < -0.3 is 9.66 Å². The Hall–Kier alpha value is -0.670. The van der Waals surface area contributed by atoms with E-state index in [1.54, 1.807) is 12.1 Å². The number of phenolic OH excluding ortho intramolecular Hbond substituents is 1. The highest BCUT2D eigenvalue weighted by Crippen LogP contribution is 2.15. The molecule has 0 aliphatic rings. The molecule has 1 atom stereocenters. The van der Waals surface area contributed by atoms with Crippen molar-refractivity contribution < 1.29 is 9.66 Å². The quantitative estimate of drug-likeness (QED) is 0.725. The van der Waals surface area contributed by atoms with E-state index in [1.165, 1.54) is 12.1 Å². The maximum Gasteiger partial charge on any atom is 0.152 e. The molecule has 0 fully saturated rings. The summed E-state index contributed by atoms with van der Waals surface area (Å²) in [7, 11) is 0. The molecule has 0 bridgehead atoms. The summed E-state index contributed by atoms with van der Waals surface area (Å²) in [6.45, 7) is 3.63. The summed E-state index contributed by atoms with van der Waals surface area (Å²) in [5.74, 6) is 0.774. The molecule has 12 heavy (non-hydrogen) atoms. The summed E-state index contributed by atoms with van der Waals surface area (Å²) < 4.78 is 11.3. The highest BCUT2D eigenvalue weighted by Gasteiger charge is 2.07. The van der Waals surface area contributed by atoms with Crippen LogP contribution in [0.2, 0.25) is 0 Å². The van der Waals surface area contributed by atoms with Crippen LogP contribution in [0, 0.1) is 6.92 Å². The lowest BCUT2D eigenvalue weighted by molar-refractivity contribution is 0.474. The largest absolute Gasteiger partial charge is 0.611 e. The van der Waals surface area contributed by atoms with Gasteiger partial charge >= 0.3 is 0 Å². The van der Waals surface area contributed by atoms with Crippen LogP contribution in [-0.2, 0) is 11.2 Å². The zero-order valence-corrected chi connectivity index (χ0v) is 7.51. The van der Waals surface area contributed by atoms with Crippen molar-refractivity contribution in [2.24, 2.45) is 0 Å². The van der Waals surface area contributed by atoms with E-state index in [1.807, 2.05) is 0 Å². The second kappa shape index (κ2) is 4.38. The van der Waals surface area contributed by atoms with Crippen LogP contribution in [0.4, 0.5) is 0 Å². The van der Waals surface area contributed by atoms with Crippen LogP contribution < -0.4 is 0 Å². The van der Waals surface area contributed by atoms with E-state index in [-0.39, 0.29) is 5.75 Å². The molecule has 1 radical (unpaired) electrons. The first-order valence-corrected chi connectivity index (χ1v) is 5.02. The maximum absolute atomic E-state index is 11.3. The summed E-state index contributed by atoms with van der Waals surface area (Å²) >= 11 is -0.965. The Kier molecular flexibility index (Phi) is 3.44. The summed E-state index contributed by atoms with van der Waals surface area (Å²) in [5.41, 5.74) is 0. The average molecular weight is 183 g/mol. The van der Waals surface area contributed by atoms with Gasteiger partial charge in [0, 0.05) is 0 Å². The van der Waals surface area contributed by atoms with Gasteiger partial charge in [0.15, 0.2) is 4.90 Å². The molecule has 1 rings (SSSR count). The van der Waals surface area contributed by atoms with Gasteiger partial charge in [-0.25, -0.2) is 0 Å². The Balaban J connectivity index is 2.68. The van der Waals surface area contributed by atoms with Crippen LogP contribution in [0.25, 0.3) is 0 Å². The SMILES string of the molecule is [CH2]CC[S+]([O-])c1ccc(O)cc1. The molecule has 0 saturated heterocycles. The smallest absolute Gasteiger partial charge is 0.152 e. The molecular formula is C9H11O2S. The molecule has 3 heteroatoms. The van der Waals surface area contributed by atoms with Gasteiger partial charge in [-0.1, -0.05) is 0 Å². The number of hydrogen-bond donors (Lipinski definition) is 1. The van der Waals surface area contributed by atoms with E-state index >= 15 is 0 Å². The highest BCUT2D eigenvalue weighted by molar-refractivity contribution is 7.91. The van der Waals surface area contributed by atoms with E-state index in [0.717, 1.165) is 4.90 Å². The van der Waals surface area contributed by atoms with Gasteiger partial charge in [-0.15, -0.1) is 0 Å². The number of hydrogen-bond acceptors (Lipinski definition) is 2. The molecule has 0 amide bonds. The molecule has 0 aromatic heterocycles. The molecule has 0 aliphatic carbocycles. The molecule has 2 nitrogen and oxygen atoms in total. The van der Waals surface area contributed by atoms with Crippen molar-refractivity contribution in [2.75, 3.05) is 5.75 Å². The first-order valence-electron chi connectivity index (χ1n) is 3.70. The molecule has 0 saturated carbocycles. The molecule has 0 spiro atoms. The third kappa shape index (κ3) is 2.43. The van der Waals surface area contributed by atoms with Gasteiger partial charge in [0.05, 0.1) is 0 Å². The number of benzene rings is 1.